The van der Waals surface area contributed by atoms with Crippen LogP contribution in [-0.4, -0.2) is 56.0 Å². The van der Waals surface area contributed by atoms with Crippen LogP contribution in [0.5, 0.6) is 0 Å². The van der Waals surface area contributed by atoms with E-state index in [1.54, 1.807) is 0 Å². The van der Waals surface area contributed by atoms with Gasteiger partial charge in [-0.1, -0.05) is 12.1 Å². The molecular formula is C24H29FN6O. The number of benzene rings is 1. The highest BCUT2D eigenvalue weighted by atomic mass is 19.1. The van der Waals surface area contributed by atoms with Gasteiger partial charge in [0.1, 0.15) is 5.82 Å². The first kappa shape index (κ1) is 21.0. The highest BCUT2D eigenvalue weighted by Gasteiger charge is 2.32. The van der Waals surface area contributed by atoms with Crippen LogP contribution in [0, 0.1) is 5.82 Å². The van der Waals surface area contributed by atoms with E-state index in [9.17, 15) is 9.50 Å². The van der Waals surface area contributed by atoms with E-state index in [0.717, 1.165) is 67.5 Å². The van der Waals surface area contributed by atoms with Crippen LogP contribution < -0.4 is 4.90 Å². The van der Waals surface area contributed by atoms with Gasteiger partial charge in [-0.15, -0.1) is 0 Å². The molecule has 1 aromatic carbocycles. The van der Waals surface area contributed by atoms with Crippen LogP contribution in [0.3, 0.4) is 0 Å². The van der Waals surface area contributed by atoms with Gasteiger partial charge in [0, 0.05) is 31.4 Å². The van der Waals surface area contributed by atoms with Crippen molar-refractivity contribution in [3.8, 4) is 11.3 Å². The molecule has 3 aromatic rings. The average Bonchev–Trinajstić information content (AvgIpc) is 3.57. The van der Waals surface area contributed by atoms with E-state index >= 15 is 0 Å². The summed E-state index contributed by atoms with van der Waals surface area (Å²) in [4.78, 5) is 14.0. The number of hydrogen-bond acceptors (Lipinski definition) is 6. The molecule has 0 aliphatic carbocycles. The van der Waals surface area contributed by atoms with Crippen LogP contribution in [0.25, 0.3) is 11.3 Å². The van der Waals surface area contributed by atoms with Crippen LogP contribution in [-0.2, 0) is 13.1 Å². The molecule has 0 amide bonds. The second-order valence-electron chi connectivity index (χ2n) is 8.58. The summed E-state index contributed by atoms with van der Waals surface area (Å²) in [6.45, 7) is 4.18. The van der Waals surface area contributed by atoms with Gasteiger partial charge in [0.25, 0.3) is 0 Å². The summed E-state index contributed by atoms with van der Waals surface area (Å²) in [6, 6.07) is 8.84. The summed E-state index contributed by atoms with van der Waals surface area (Å²) in [6.07, 6.45) is 8.14. The molecular weight excluding hydrogens is 407 g/mol. The van der Waals surface area contributed by atoms with Crippen molar-refractivity contribution in [2.75, 3.05) is 31.1 Å². The highest BCUT2D eigenvalue weighted by Crippen LogP contribution is 2.38. The zero-order chi connectivity index (χ0) is 21.9. The van der Waals surface area contributed by atoms with Gasteiger partial charge in [0.15, 0.2) is 0 Å². The number of anilines is 1. The first-order valence-electron chi connectivity index (χ1n) is 11.5. The first-order chi connectivity index (χ1) is 15.7. The number of aliphatic hydroxyl groups excluding tert-OH is 1. The number of halogens is 1. The third-order valence-corrected chi connectivity index (χ3v) is 6.48. The lowest BCUT2D eigenvalue weighted by atomic mass is 10.0. The Morgan fingerprint density at radius 3 is 2.62 bits per heavy atom. The SMILES string of the molecule is OCCn1ncc(-c2ccnc(N3CCCC3)n2)c1[C@@H]1CCCN1Cc1ccc(F)cc1. The van der Waals surface area contributed by atoms with Crippen LogP contribution in [0.15, 0.2) is 42.7 Å². The summed E-state index contributed by atoms with van der Waals surface area (Å²) in [5.41, 5.74) is 4.04. The van der Waals surface area contributed by atoms with E-state index < -0.39 is 0 Å². The minimum Gasteiger partial charge on any atom is -0.394 e. The van der Waals surface area contributed by atoms with E-state index in [1.165, 1.54) is 25.0 Å². The molecule has 4 heterocycles. The van der Waals surface area contributed by atoms with Gasteiger partial charge in [0.2, 0.25) is 5.95 Å². The molecule has 0 bridgehead atoms. The molecule has 0 radical (unpaired) electrons. The van der Waals surface area contributed by atoms with Crippen LogP contribution >= 0.6 is 0 Å². The maximum atomic E-state index is 13.4. The fraction of sp³-hybridized carbons (Fsp3) is 0.458. The van der Waals surface area contributed by atoms with Gasteiger partial charge in [-0.3, -0.25) is 9.58 Å². The highest BCUT2D eigenvalue weighted by molar-refractivity contribution is 5.63. The Labute approximate surface area is 187 Å². The Balaban J connectivity index is 1.48. The number of aliphatic hydroxyl groups is 1. The molecule has 2 aliphatic rings. The Kier molecular flexibility index (Phi) is 6.14. The predicted octanol–water partition coefficient (Wildman–Crippen LogP) is 3.41. The maximum Gasteiger partial charge on any atom is 0.225 e. The monoisotopic (exact) mass is 436 g/mol. The summed E-state index contributed by atoms with van der Waals surface area (Å²) >= 11 is 0. The van der Waals surface area contributed by atoms with Gasteiger partial charge in [-0.2, -0.15) is 5.10 Å². The number of hydrogen-bond donors (Lipinski definition) is 1. The standard InChI is InChI=1S/C24H29FN6O/c25-19-7-5-18(6-8-19)17-30-13-3-4-22(30)23-20(16-27-31(23)14-15-32)21-9-10-26-24(28-21)29-11-1-2-12-29/h5-10,16,22,32H,1-4,11-15,17H2/t22-/m0/s1. The smallest absolute Gasteiger partial charge is 0.225 e. The van der Waals surface area contributed by atoms with Crippen molar-refractivity contribution in [1.29, 1.82) is 0 Å². The normalized spacial score (nSPS) is 19.2. The molecule has 32 heavy (non-hydrogen) atoms. The summed E-state index contributed by atoms with van der Waals surface area (Å²) in [5.74, 6) is 0.558. The molecule has 2 aromatic heterocycles. The quantitative estimate of drug-likeness (QED) is 0.612. The van der Waals surface area contributed by atoms with Gasteiger partial charge < -0.3 is 10.0 Å². The third-order valence-electron chi connectivity index (χ3n) is 6.48. The lowest BCUT2D eigenvalue weighted by Crippen LogP contribution is -2.26. The second-order valence-corrected chi connectivity index (χ2v) is 8.58. The molecule has 0 unspecified atom stereocenters. The van der Waals surface area contributed by atoms with Crippen molar-refractivity contribution in [2.24, 2.45) is 0 Å². The molecule has 8 heteroatoms. The summed E-state index contributed by atoms with van der Waals surface area (Å²) in [5, 5.41) is 14.3. The fourth-order valence-corrected chi connectivity index (χ4v) is 4.93. The van der Waals surface area contributed by atoms with Crippen LogP contribution in [0.4, 0.5) is 10.3 Å². The Morgan fingerprint density at radius 2 is 1.84 bits per heavy atom. The van der Waals surface area contributed by atoms with Gasteiger partial charge in [-0.25, -0.2) is 14.4 Å². The minimum absolute atomic E-state index is 0.0294. The average molecular weight is 437 g/mol. The minimum atomic E-state index is -0.215. The predicted molar refractivity (Wildman–Crippen MR) is 121 cm³/mol. The number of rotatable bonds is 7. The lowest BCUT2D eigenvalue weighted by molar-refractivity contribution is 0.226. The molecule has 0 spiro atoms. The Bertz CT molecular complexity index is 1050. The van der Waals surface area contributed by atoms with Crippen molar-refractivity contribution < 1.29 is 9.50 Å². The van der Waals surface area contributed by atoms with E-state index in [-0.39, 0.29) is 18.5 Å². The van der Waals surface area contributed by atoms with E-state index in [0.29, 0.717) is 6.54 Å². The zero-order valence-corrected chi connectivity index (χ0v) is 18.2. The van der Waals surface area contributed by atoms with Crippen molar-refractivity contribution in [1.82, 2.24) is 24.6 Å². The van der Waals surface area contributed by atoms with Crippen LogP contribution in [0.1, 0.15) is 43.0 Å². The lowest BCUT2D eigenvalue weighted by Gasteiger charge is -2.26. The fourth-order valence-electron chi connectivity index (χ4n) is 4.93. The van der Waals surface area contributed by atoms with Crippen LogP contribution in [0.2, 0.25) is 0 Å². The van der Waals surface area contributed by atoms with E-state index in [2.05, 4.69) is 19.9 Å². The molecule has 5 rings (SSSR count). The first-order valence-corrected chi connectivity index (χ1v) is 11.5. The molecule has 2 fully saturated rings. The Hall–Kier alpha value is -2.84. The molecule has 1 N–H and O–H groups in total. The second kappa shape index (κ2) is 9.34. The number of aromatic nitrogens is 4. The van der Waals surface area contributed by atoms with Crippen molar-refractivity contribution in [3.63, 3.8) is 0 Å². The molecule has 2 saturated heterocycles. The van der Waals surface area contributed by atoms with Gasteiger partial charge >= 0.3 is 0 Å². The third kappa shape index (κ3) is 4.25. The molecule has 2 aliphatic heterocycles. The Morgan fingerprint density at radius 1 is 1.03 bits per heavy atom. The zero-order valence-electron chi connectivity index (χ0n) is 18.2. The van der Waals surface area contributed by atoms with Crippen molar-refractivity contribution >= 4 is 5.95 Å². The topological polar surface area (TPSA) is 70.3 Å². The summed E-state index contributed by atoms with van der Waals surface area (Å²) in [7, 11) is 0. The largest absolute Gasteiger partial charge is 0.394 e. The van der Waals surface area contributed by atoms with Gasteiger partial charge in [0.05, 0.1) is 36.8 Å². The van der Waals surface area contributed by atoms with E-state index in [4.69, 9.17) is 4.98 Å². The maximum absolute atomic E-state index is 13.4. The number of nitrogens with zero attached hydrogens (tertiary/aromatic N) is 6. The molecule has 7 nitrogen and oxygen atoms in total. The molecule has 1 atom stereocenters. The molecule has 0 saturated carbocycles. The van der Waals surface area contributed by atoms with Crippen molar-refractivity contribution in [2.45, 2.75) is 44.8 Å². The van der Waals surface area contributed by atoms with Gasteiger partial charge in [-0.05, 0) is 56.0 Å². The van der Waals surface area contributed by atoms with Crippen molar-refractivity contribution in [3.05, 3.63) is 59.8 Å². The molecule has 168 valence electrons. The number of likely N-dealkylation sites (tertiary alicyclic amines) is 1. The summed E-state index contributed by atoms with van der Waals surface area (Å²) < 4.78 is 15.3. The van der Waals surface area contributed by atoms with E-state index in [1.807, 2.05) is 35.3 Å².